The molecule has 0 spiro atoms. The molecule has 0 aliphatic heterocycles. The topological polar surface area (TPSA) is 73.9 Å². The van der Waals surface area contributed by atoms with Crippen molar-refractivity contribution in [2.75, 3.05) is 12.8 Å². The standard InChI is InChI=1S/C6H6N4OS/c1-11-4-3-5(9-2-8-4)12-6(7)10-3/h2H,1H3,(H2,7,10). The fourth-order valence-electron chi connectivity index (χ4n) is 0.899. The maximum absolute atomic E-state index is 5.50. The van der Waals surface area contributed by atoms with E-state index in [4.69, 9.17) is 10.5 Å². The van der Waals surface area contributed by atoms with Crippen LogP contribution >= 0.6 is 11.3 Å². The number of anilines is 1. The third-order valence-corrected chi connectivity index (χ3v) is 2.16. The Balaban J connectivity index is 2.78. The zero-order valence-corrected chi connectivity index (χ0v) is 7.13. The molecule has 0 atom stereocenters. The van der Waals surface area contributed by atoms with Crippen LogP contribution in [-0.4, -0.2) is 22.1 Å². The van der Waals surface area contributed by atoms with E-state index in [0.717, 1.165) is 4.83 Å². The van der Waals surface area contributed by atoms with Crippen LogP contribution < -0.4 is 10.5 Å². The molecule has 0 aliphatic carbocycles. The second-order valence-corrected chi connectivity index (χ2v) is 3.10. The summed E-state index contributed by atoms with van der Waals surface area (Å²) in [6.07, 6.45) is 1.43. The molecule has 2 N–H and O–H groups in total. The van der Waals surface area contributed by atoms with Crippen molar-refractivity contribution >= 4 is 26.8 Å². The molecule has 2 aromatic heterocycles. The monoisotopic (exact) mass is 182 g/mol. The van der Waals surface area contributed by atoms with Crippen LogP contribution in [0, 0.1) is 0 Å². The largest absolute Gasteiger partial charge is 0.479 e. The molecule has 0 fully saturated rings. The van der Waals surface area contributed by atoms with Crippen LogP contribution in [0.4, 0.5) is 5.13 Å². The first kappa shape index (κ1) is 7.23. The minimum atomic E-state index is 0.466. The fourth-order valence-corrected chi connectivity index (χ4v) is 1.56. The normalized spacial score (nSPS) is 10.4. The lowest BCUT2D eigenvalue weighted by Crippen LogP contribution is -1.89. The lowest BCUT2D eigenvalue weighted by Gasteiger charge is -1.95. The van der Waals surface area contributed by atoms with E-state index < -0.39 is 0 Å². The summed E-state index contributed by atoms with van der Waals surface area (Å²) in [5, 5.41) is 0.476. The van der Waals surface area contributed by atoms with Gasteiger partial charge in [-0.3, -0.25) is 0 Å². The Morgan fingerprint density at radius 2 is 2.33 bits per heavy atom. The highest BCUT2D eigenvalue weighted by Gasteiger charge is 2.07. The van der Waals surface area contributed by atoms with Gasteiger partial charge in [-0.2, -0.15) is 4.98 Å². The van der Waals surface area contributed by atoms with E-state index in [0.29, 0.717) is 16.5 Å². The van der Waals surface area contributed by atoms with E-state index in [9.17, 15) is 0 Å². The average Bonchev–Trinajstić information content (AvgIpc) is 2.44. The molecule has 12 heavy (non-hydrogen) atoms. The molecule has 0 radical (unpaired) electrons. The zero-order chi connectivity index (χ0) is 8.55. The van der Waals surface area contributed by atoms with E-state index in [1.54, 1.807) is 0 Å². The first-order valence-electron chi connectivity index (χ1n) is 3.22. The number of nitrogens with zero attached hydrogens (tertiary/aromatic N) is 3. The molecule has 6 heteroatoms. The minimum absolute atomic E-state index is 0.466. The van der Waals surface area contributed by atoms with Gasteiger partial charge in [-0.05, 0) is 0 Å². The molecule has 0 amide bonds. The van der Waals surface area contributed by atoms with Gasteiger partial charge in [-0.25, -0.2) is 9.97 Å². The number of fused-ring (bicyclic) bond motifs is 1. The predicted molar refractivity (Wildman–Crippen MR) is 46.2 cm³/mol. The van der Waals surface area contributed by atoms with Crippen molar-refractivity contribution in [3.63, 3.8) is 0 Å². The Labute approximate surface area is 72.2 Å². The smallest absolute Gasteiger partial charge is 0.244 e. The Bertz CT molecular complexity index is 413. The van der Waals surface area contributed by atoms with Crippen molar-refractivity contribution in [2.45, 2.75) is 0 Å². The van der Waals surface area contributed by atoms with Gasteiger partial charge < -0.3 is 10.5 Å². The van der Waals surface area contributed by atoms with Crippen LogP contribution in [0.25, 0.3) is 10.3 Å². The van der Waals surface area contributed by atoms with Crippen molar-refractivity contribution in [3.05, 3.63) is 6.33 Å². The Morgan fingerprint density at radius 3 is 3.08 bits per heavy atom. The number of rotatable bonds is 1. The fraction of sp³-hybridized carbons (Fsp3) is 0.167. The number of nitrogens with two attached hydrogens (primary N) is 1. The third kappa shape index (κ3) is 0.964. The molecule has 0 unspecified atom stereocenters. The molecule has 2 aromatic rings. The van der Waals surface area contributed by atoms with Gasteiger partial charge in [0, 0.05) is 0 Å². The average molecular weight is 182 g/mol. The zero-order valence-electron chi connectivity index (χ0n) is 6.31. The number of aromatic nitrogens is 3. The van der Waals surface area contributed by atoms with Crippen LogP contribution in [0.5, 0.6) is 5.88 Å². The summed E-state index contributed by atoms with van der Waals surface area (Å²) in [4.78, 5) is 12.7. The van der Waals surface area contributed by atoms with Gasteiger partial charge in [0.2, 0.25) is 5.88 Å². The summed E-state index contributed by atoms with van der Waals surface area (Å²) in [7, 11) is 1.54. The lowest BCUT2D eigenvalue weighted by atomic mass is 10.5. The van der Waals surface area contributed by atoms with Gasteiger partial charge in [0.1, 0.15) is 6.33 Å². The molecule has 0 aliphatic rings. The number of ether oxygens (including phenoxy) is 1. The van der Waals surface area contributed by atoms with Crippen LogP contribution in [0.1, 0.15) is 0 Å². The van der Waals surface area contributed by atoms with Gasteiger partial charge in [0.25, 0.3) is 0 Å². The molecule has 0 aromatic carbocycles. The lowest BCUT2D eigenvalue weighted by molar-refractivity contribution is 0.402. The number of nitrogen functional groups attached to an aromatic ring is 1. The highest BCUT2D eigenvalue weighted by atomic mass is 32.1. The summed E-state index contributed by atoms with van der Waals surface area (Å²) in [5.41, 5.74) is 6.13. The molecule has 0 bridgehead atoms. The molecule has 62 valence electrons. The van der Waals surface area contributed by atoms with Crippen LogP contribution in [0.15, 0.2) is 6.33 Å². The van der Waals surface area contributed by atoms with Gasteiger partial charge in [-0.1, -0.05) is 11.3 Å². The summed E-state index contributed by atoms with van der Waals surface area (Å²) in [6, 6.07) is 0. The maximum Gasteiger partial charge on any atom is 0.244 e. The number of methoxy groups -OCH3 is 1. The minimum Gasteiger partial charge on any atom is -0.479 e. The van der Waals surface area contributed by atoms with Gasteiger partial charge in [0.15, 0.2) is 15.5 Å². The summed E-state index contributed by atoms with van der Waals surface area (Å²) < 4.78 is 4.98. The Kier molecular flexibility index (Phi) is 1.54. The van der Waals surface area contributed by atoms with Crippen LogP contribution in [0.2, 0.25) is 0 Å². The van der Waals surface area contributed by atoms with E-state index >= 15 is 0 Å². The van der Waals surface area contributed by atoms with Crippen molar-refractivity contribution in [1.29, 1.82) is 0 Å². The predicted octanol–water partition coefficient (Wildman–Crippen LogP) is 0.677. The molecule has 0 saturated heterocycles. The van der Waals surface area contributed by atoms with Crippen LogP contribution in [-0.2, 0) is 0 Å². The molecule has 0 saturated carbocycles. The maximum atomic E-state index is 5.50. The first-order chi connectivity index (χ1) is 5.81. The highest BCUT2D eigenvalue weighted by molar-refractivity contribution is 7.21. The van der Waals surface area contributed by atoms with Crippen LogP contribution in [0.3, 0.4) is 0 Å². The quantitative estimate of drug-likeness (QED) is 0.701. The Morgan fingerprint density at radius 1 is 1.50 bits per heavy atom. The van der Waals surface area contributed by atoms with E-state index in [2.05, 4.69) is 15.0 Å². The van der Waals surface area contributed by atoms with Crippen molar-refractivity contribution in [3.8, 4) is 5.88 Å². The van der Waals surface area contributed by atoms with Gasteiger partial charge in [-0.15, -0.1) is 0 Å². The molecular formula is C6H6N4OS. The summed E-state index contributed by atoms with van der Waals surface area (Å²) >= 11 is 1.32. The SMILES string of the molecule is COc1ncnc2sc(N)nc12. The molecule has 5 nitrogen and oxygen atoms in total. The van der Waals surface area contributed by atoms with Gasteiger partial charge in [0.05, 0.1) is 7.11 Å². The number of hydrogen-bond donors (Lipinski definition) is 1. The van der Waals surface area contributed by atoms with E-state index in [1.807, 2.05) is 0 Å². The molecular weight excluding hydrogens is 176 g/mol. The summed E-state index contributed by atoms with van der Waals surface area (Å²) in [5.74, 6) is 0.466. The van der Waals surface area contributed by atoms with Crippen molar-refractivity contribution in [2.24, 2.45) is 0 Å². The van der Waals surface area contributed by atoms with Crippen molar-refractivity contribution in [1.82, 2.24) is 15.0 Å². The molecule has 2 heterocycles. The second-order valence-electron chi connectivity index (χ2n) is 2.09. The molecule has 2 rings (SSSR count). The van der Waals surface area contributed by atoms with Gasteiger partial charge >= 0.3 is 0 Å². The first-order valence-corrected chi connectivity index (χ1v) is 4.04. The number of thiazole rings is 1. The van der Waals surface area contributed by atoms with E-state index in [-0.39, 0.29) is 0 Å². The highest BCUT2D eigenvalue weighted by Crippen LogP contribution is 2.26. The Hall–Kier alpha value is -1.43. The van der Waals surface area contributed by atoms with Crippen molar-refractivity contribution < 1.29 is 4.74 Å². The third-order valence-electron chi connectivity index (χ3n) is 1.37. The van der Waals surface area contributed by atoms with E-state index in [1.165, 1.54) is 24.8 Å². The summed E-state index contributed by atoms with van der Waals surface area (Å²) in [6.45, 7) is 0. The number of hydrogen-bond acceptors (Lipinski definition) is 6. The second kappa shape index (κ2) is 2.56.